The van der Waals surface area contributed by atoms with Crippen molar-refractivity contribution in [3.05, 3.63) is 29.8 Å². The number of carbonyl (C=O) groups excluding carboxylic acids is 1. The summed E-state index contributed by atoms with van der Waals surface area (Å²) in [6, 6.07) is 7.87. The predicted octanol–water partition coefficient (Wildman–Crippen LogP) is 1.58. The van der Waals surface area contributed by atoms with E-state index in [1.54, 1.807) is 0 Å². The smallest absolute Gasteiger partial charge is 0.258 e. The van der Waals surface area contributed by atoms with Crippen LogP contribution < -0.4 is 15.8 Å². The van der Waals surface area contributed by atoms with Crippen molar-refractivity contribution in [2.24, 2.45) is 5.73 Å². The Bertz CT molecular complexity index is 401. The van der Waals surface area contributed by atoms with E-state index >= 15 is 0 Å². The van der Waals surface area contributed by atoms with Gasteiger partial charge in [0, 0.05) is 18.2 Å². The lowest BCUT2D eigenvalue weighted by Crippen LogP contribution is -2.36. The fraction of sp³-hybridized carbons (Fsp3) is 0.500. The van der Waals surface area contributed by atoms with Crippen LogP contribution in [0.4, 0.5) is 0 Å². The van der Waals surface area contributed by atoms with Gasteiger partial charge in [0.15, 0.2) is 6.61 Å². The maximum atomic E-state index is 11.7. The van der Waals surface area contributed by atoms with Crippen molar-refractivity contribution in [3.63, 3.8) is 0 Å². The highest BCUT2D eigenvalue weighted by molar-refractivity contribution is 5.77. The molecule has 0 unspecified atom stereocenters. The lowest BCUT2D eigenvalue weighted by molar-refractivity contribution is -0.123. The fourth-order valence-electron chi connectivity index (χ4n) is 2.30. The average Bonchev–Trinajstić information content (AvgIpc) is 2.89. The second-order valence-corrected chi connectivity index (χ2v) is 4.65. The molecule has 0 aromatic heterocycles. The van der Waals surface area contributed by atoms with E-state index in [4.69, 9.17) is 10.5 Å². The number of amides is 1. The van der Waals surface area contributed by atoms with Crippen molar-refractivity contribution in [1.29, 1.82) is 0 Å². The molecule has 4 nitrogen and oxygen atoms in total. The summed E-state index contributed by atoms with van der Waals surface area (Å²) in [5.74, 6) is 0.648. The molecule has 4 heteroatoms. The minimum absolute atomic E-state index is 0.0475. The van der Waals surface area contributed by atoms with Crippen LogP contribution >= 0.6 is 0 Å². The Hall–Kier alpha value is -1.55. The molecule has 1 aromatic rings. The molecule has 98 valence electrons. The summed E-state index contributed by atoms with van der Waals surface area (Å²) in [7, 11) is 0. The number of carbonyl (C=O) groups is 1. The van der Waals surface area contributed by atoms with E-state index in [1.165, 1.54) is 12.8 Å². The minimum Gasteiger partial charge on any atom is -0.483 e. The second-order valence-electron chi connectivity index (χ2n) is 4.65. The highest BCUT2D eigenvalue weighted by Crippen LogP contribution is 2.18. The number of hydrogen-bond acceptors (Lipinski definition) is 3. The van der Waals surface area contributed by atoms with Crippen LogP contribution in [0.2, 0.25) is 0 Å². The quantitative estimate of drug-likeness (QED) is 0.831. The van der Waals surface area contributed by atoms with E-state index in [1.807, 2.05) is 24.3 Å². The van der Waals surface area contributed by atoms with Crippen LogP contribution in [-0.4, -0.2) is 18.6 Å². The zero-order chi connectivity index (χ0) is 12.8. The van der Waals surface area contributed by atoms with Gasteiger partial charge in [-0.05, 0) is 18.9 Å². The van der Waals surface area contributed by atoms with Gasteiger partial charge in [0.1, 0.15) is 5.75 Å². The standard InChI is InChI=1S/C14H20N2O2/c15-9-11-5-1-4-8-13(11)18-10-14(17)16-12-6-2-3-7-12/h1,4-5,8,12H,2-3,6-7,9-10,15H2,(H,16,17). The molecule has 3 N–H and O–H groups in total. The topological polar surface area (TPSA) is 64.3 Å². The first-order chi connectivity index (χ1) is 8.79. The normalized spacial score (nSPS) is 15.6. The van der Waals surface area contributed by atoms with Crippen molar-refractivity contribution in [2.75, 3.05) is 6.61 Å². The first kappa shape index (κ1) is 12.9. The van der Waals surface area contributed by atoms with Crippen LogP contribution in [0.1, 0.15) is 31.2 Å². The molecule has 1 saturated carbocycles. The minimum atomic E-state index is -0.0475. The van der Waals surface area contributed by atoms with Gasteiger partial charge < -0.3 is 15.8 Å². The number of ether oxygens (including phenoxy) is 1. The van der Waals surface area contributed by atoms with Gasteiger partial charge in [-0.2, -0.15) is 0 Å². The molecule has 0 saturated heterocycles. The Morgan fingerprint density at radius 2 is 2.06 bits per heavy atom. The lowest BCUT2D eigenvalue weighted by atomic mass is 10.2. The number of nitrogens with two attached hydrogens (primary N) is 1. The van der Waals surface area contributed by atoms with Crippen LogP contribution in [0.3, 0.4) is 0 Å². The van der Waals surface area contributed by atoms with Crippen LogP contribution in [0.25, 0.3) is 0 Å². The lowest BCUT2D eigenvalue weighted by Gasteiger charge is -2.13. The van der Waals surface area contributed by atoms with Gasteiger partial charge in [0.2, 0.25) is 0 Å². The molecule has 0 bridgehead atoms. The average molecular weight is 248 g/mol. The Morgan fingerprint density at radius 3 is 2.78 bits per heavy atom. The molecule has 0 heterocycles. The molecule has 1 aromatic carbocycles. The van der Waals surface area contributed by atoms with Gasteiger partial charge in [-0.15, -0.1) is 0 Å². The van der Waals surface area contributed by atoms with Crippen molar-refractivity contribution in [2.45, 2.75) is 38.3 Å². The molecule has 1 aliphatic rings. The molecule has 0 radical (unpaired) electrons. The van der Waals surface area contributed by atoms with Crippen LogP contribution in [0.5, 0.6) is 5.75 Å². The van der Waals surface area contributed by atoms with Crippen molar-refractivity contribution < 1.29 is 9.53 Å². The van der Waals surface area contributed by atoms with E-state index in [0.29, 0.717) is 18.3 Å². The number of benzene rings is 1. The zero-order valence-electron chi connectivity index (χ0n) is 10.5. The summed E-state index contributed by atoms with van der Waals surface area (Å²) in [5, 5.41) is 2.99. The van der Waals surface area contributed by atoms with E-state index in [9.17, 15) is 4.79 Å². The van der Waals surface area contributed by atoms with E-state index in [-0.39, 0.29) is 12.5 Å². The summed E-state index contributed by atoms with van der Waals surface area (Å²) in [5.41, 5.74) is 6.53. The highest BCUT2D eigenvalue weighted by Gasteiger charge is 2.17. The van der Waals surface area contributed by atoms with Crippen LogP contribution in [0.15, 0.2) is 24.3 Å². The molecule has 18 heavy (non-hydrogen) atoms. The van der Waals surface area contributed by atoms with Gasteiger partial charge in [-0.1, -0.05) is 31.0 Å². The molecular formula is C14H20N2O2. The second kappa shape index (κ2) is 6.40. The van der Waals surface area contributed by atoms with Gasteiger partial charge in [-0.3, -0.25) is 4.79 Å². The Balaban J connectivity index is 1.81. The SMILES string of the molecule is NCc1ccccc1OCC(=O)NC1CCCC1. The predicted molar refractivity (Wildman–Crippen MR) is 70.2 cm³/mol. The van der Waals surface area contributed by atoms with Crippen molar-refractivity contribution in [3.8, 4) is 5.75 Å². The van der Waals surface area contributed by atoms with Gasteiger partial charge in [0.25, 0.3) is 5.91 Å². The molecule has 2 rings (SSSR count). The monoisotopic (exact) mass is 248 g/mol. The molecule has 1 aliphatic carbocycles. The summed E-state index contributed by atoms with van der Waals surface area (Å²) in [4.78, 5) is 11.7. The molecule has 0 aliphatic heterocycles. The summed E-state index contributed by atoms with van der Waals surface area (Å²) in [6.45, 7) is 0.480. The number of nitrogens with one attached hydrogen (secondary N) is 1. The van der Waals surface area contributed by atoms with Crippen molar-refractivity contribution in [1.82, 2.24) is 5.32 Å². The molecular weight excluding hydrogens is 228 g/mol. The largest absolute Gasteiger partial charge is 0.483 e. The van der Waals surface area contributed by atoms with Crippen LogP contribution in [0, 0.1) is 0 Å². The van der Waals surface area contributed by atoms with E-state index in [0.717, 1.165) is 18.4 Å². The molecule has 1 fully saturated rings. The Kier molecular flexibility index (Phi) is 4.59. The summed E-state index contributed by atoms with van der Waals surface area (Å²) in [6.07, 6.45) is 4.60. The van der Waals surface area contributed by atoms with Gasteiger partial charge in [0.05, 0.1) is 0 Å². The number of hydrogen-bond donors (Lipinski definition) is 2. The molecule has 0 atom stereocenters. The van der Waals surface area contributed by atoms with Gasteiger partial charge >= 0.3 is 0 Å². The number of rotatable bonds is 5. The third kappa shape index (κ3) is 3.47. The Morgan fingerprint density at radius 1 is 1.33 bits per heavy atom. The zero-order valence-corrected chi connectivity index (χ0v) is 10.5. The third-order valence-corrected chi connectivity index (χ3v) is 3.27. The number of para-hydroxylation sites is 1. The first-order valence-electron chi connectivity index (χ1n) is 6.49. The first-order valence-corrected chi connectivity index (χ1v) is 6.49. The van der Waals surface area contributed by atoms with E-state index in [2.05, 4.69) is 5.32 Å². The van der Waals surface area contributed by atoms with Crippen LogP contribution in [-0.2, 0) is 11.3 Å². The maximum Gasteiger partial charge on any atom is 0.258 e. The molecule has 1 amide bonds. The highest BCUT2D eigenvalue weighted by atomic mass is 16.5. The summed E-state index contributed by atoms with van der Waals surface area (Å²) >= 11 is 0. The molecule has 0 spiro atoms. The third-order valence-electron chi connectivity index (χ3n) is 3.27. The Labute approximate surface area is 108 Å². The maximum absolute atomic E-state index is 11.7. The summed E-state index contributed by atoms with van der Waals surface area (Å²) < 4.78 is 5.51. The fourth-order valence-corrected chi connectivity index (χ4v) is 2.30. The van der Waals surface area contributed by atoms with Crippen molar-refractivity contribution >= 4 is 5.91 Å². The van der Waals surface area contributed by atoms with Gasteiger partial charge in [-0.25, -0.2) is 0 Å². The van der Waals surface area contributed by atoms with E-state index < -0.39 is 0 Å².